The predicted octanol–water partition coefficient (Wildman–Crippen LogP) is 3.62. The molecule has 18 heavy (non-hydrogen) atoms. The second kappa shape index (κ2) is 7.80. The van der Waals surface area contributed by atoms with E-state index >= 15 is 0 Å². The molecule has 0 N–H and O–H groups in total. The van der Waals surface area contributed by atoms with Gasteiger partial charge in [0.1, 0.15) is 19.0 Å². The Labute approximate surface area is 127 Å². The first-order valence-corrected chi connectivity index (χ1v) is 6.86. The number of rotatable bonds is 6. The van der Waals surface area contributed by atoms with Crippen molar-refractivity contribution in [3.05, 3.63) is 26.6 Å². The molecule has 1 aromatic carbocycles. The number of halogens is 3. The lowest BCUT2D eigenvalue weighted by Gasteiger charge is -2.11. The van der Waals surface area contributed by atoms with Gasteiger partial charge in [0, 0.05) is 0 Å². The molecule has 96 valence electrons. The third-order valence-electron chi connectivity index (χ3n) is 1.92. The Bertz CT molecular complexity index is 483. The highest BCUT2D eigenvalue weighted by molar-refractivity contribution is 9.11. The van der Waals surface area contributed by atoms with Gasteiger partial charge in [0.15, 0.2) is 0 Å². The second-order valence-electron chi connectivity index (χ2n) is 3.12. The van der Waals surface area contributed by atoms with Gasteiger partial charge < -0.3 is 9.47 Å². The fourth-order valence-electron chi connectivity index (χ4n) is 1.15. The molecule has 0 unspecified atom stereocenters. The summed E-state index contributed by atoms with van der Waals surface area (Å²) in [6, 6.07) is 3.29. The quantitative estimate of drug-likeness (QED) is 0.419. The second-order valence-corrected chi connectivity index (χ2v) is 5.11. The van der Waals surface area contributed by atoms with Crippen LogP contribution in [0, 0.1) is 12.3 Å². The monoisotopic (exact) mass is 394 g/mol. The maximum atomic E-state index is 11.2. The summed E-state index contributed by atoms with van der Waals surface area (Å²) in [5, 5.41) is -0.553. The molecule has 0 aliphatic carbocycles. The van der Waals surface area contributed by atoms with E-state index in [9.17, 15) is 4.79 Å². The van der Waals surface area contributed by atoms with Crippen LogP contribution in [-0.2, 0) is 4.74 Å². The Morgan fingerprint density at radius 3 is 2.72 bits per heavy atom. The number of carbonyl (C=O) groups excluding carboxylic acids is 1. The molecule has 0 fully saturated rings. The molecule has 0 atom stereocenters. The van der Waals surface area contributed by atoms with Crippen molar-refractivity contribution >= 4 is 48.7 Å². The number of terminal acetylenes is 1. The van der Waals surface area contributed by atoms with Crippen LogP contribution in [0.3, 0.4) is 0 Å². The van der Waals surface area contributed by atoms with Gasteiger partial charge in [0.05, 0.1) is 21.1 Å². The molecule has 0 amide bonds. The Morgan fingerprint density at radius 1 is 1.39 bits per heavy atom. The van der Waals surface area contributed by atoms with Crippen molar-refractivity contribution in [1.29, 1.82) is 0 Å². The molecule has 3 nitrogen and oxygen atoms in total. The SMILES string of the molecule is C#CCOCCOc1c(Br)ccc(C(=O)Cl)c1Br. The van der Waals surface area contributed by atoms with Crippen molar-refractivity contribution in [1.82, 2.24) is 0 Å². The highest BCUT2D eigenvalue weighted by atomic mass is 79.9. The van der Waals surface area contributed by atoms with Crippen molar-refractivity contribution in [3.63, 3.8) is 0 Å². The third kappa shape index (κ3) is 4.29. The fraction of sp³-hybridized carbons (Fsp3) is 0.250. The van der Waals surface area contributed by atoms with E-state index in [0.29, 0.717) is 33.5 Å². The molecule has 0 aliphatic heterocycles. The normalized spacial score (nSPS) is 9.89. The van der Waals surface area contributed by atoms with E-state index in [2.05, 4.69) is 37.8 Å². The summed E-state index contributed by atoms with van der Waals surface area (Å²) in [6.45, 7) is 0.923. The molecule has 1 aromatic rings. The molecule has 0 spiro atoms. The molecule has 0 radical (unpaired) electrons. The van der Waals surface area contributed by atoms with Gasteiger partial charge in [-0.25, -0.2) is 0 Å². The Kier molecular flexibility index (Phi) is 6.72. The minimum absolute atomic E-state index is 0.242. The van der Waals surface area contributed by atoms with Gasteiger partial charge in [-0.05, 0) is 55.6 Å². The van der Waals surface area contributed by atoms with Gasteiger partial charge in [-0.3, -0.25) is 4.79 Å². The summed E-state index contributed by atoms with van der Waals surface area (Å²) in [7, 11) is 0. The average molecular weight is 396 g/mol. The summed E-state index contributed by atoms with van der Waals surface area (Å²) in [5.74, 6) is 2.86. The number of carbonyl (C=O) groups is 1. The van der Waals surface area contributed by atoms with E-state index in [4.69, 9.17) is 27.5 Å². The molecule has 1 rings (SSSR count). The van der Waals surface area contributed by atoms with Gasteiger partial charge in [0.2, 0.25) is 0 Å². The molecule has 0 aliphatic rings. The third-order valence-corrected chi connectivity index (χ3v) is 3.54. The van der Waals surface area contributed by atoms with E-state index in [0.717, 1.165) is 0 Å². The van der Waals surface area contributed by atoms with Crippen molar-refractivity contribution in [2.75, 3.05) is 19.8 Å². The summed E-state index contributed by atoms with van der Waals surface area (Å²) in [6.07, 6.45) is 5.04. The van der Waals surface area contributed by atoms with E-state index < -0.39 is 5.24 Å². The molecule has 0 aromatic heterocycles. The van der Waals surface area contributed by atoms with E-state index in [1.807, 2.05) is 0 Å². The zero-order chi connectivity index (χ0) is 13.5. The zero-order valence-electron chi connectivity index (χ0n) is 9.21. The molecule has 0 saturated carbocycles. The maximum absolute atomic E-state index is 11.2. The smallest absolute Gasteiger partial charge is 0.253 e. The van der Waals surface area contributed by atoms with Crippen molar-refractivity contribution in [2.24, 2.45) is 0 Å². The summed E-state index contributed by atoms with van der Waals surface area (Å²) in [4.78, 5) is 11.2. The summed E-state index contributed by atoms with van der Waals surface area (Å²) < 4.78 is 11.8. The molecular weight excluding hydrogens is 387 g/mol. The number of hydrogen-bond donors (Lipinski definition) is 0. The average Bonchev–Trinajstić information content (AvgIpc) is 2.32. The van der Waals surface area contributed by atoms with Crippen LogP contribution >= 0.6 is 43.5 Å². The zero-order valence-corrected chi connectivity index (χ0v) is 13.1. The molecule has 6 heteroatoms. The fourth-order valence-corrected chi connectivity index (χ4v) is 2.77. The number of ether oxygens (including phenoxy) is 2. The largest absolute Gasteiger partial charge is 0.489 e. The van der Waals surface area contributed by atoms with Crippen molar-refractivity contribution in [2.45, 2.75) is 0 Å². The van der Waals surface area contributed by atoms with Crippen LogP contribution < -0.4 is 4.74 Å². The lowest BCUT2D eigenvalue weighted by Crippen LogP contribution is -2.08. The highest BCUT2D eigenvalue weighted by Gasteiger charge is 2.15. The van der Waals surface area contributed by atoms with E-state index in [-0.39, 0.29) is 6.61 Å². The van der Waals surface area contributed by atoms with E-state index in [1.165, 1.54) is 0 Å². The minimum Gasteiger partial charge on any atom is -0.489 e. The molecular formula is C12H9Br2ClO3. The minimum atomic E-state index is -0.553. The molecule has 0 bridgehead atoms. The first kappa shape index (κ1) is 15.5. The van der Waals surface area contributed by atoms with Crippen LogP contribution in [-0.4, -0.2) is 25.1 Å². The van der Waals surface area contributed by atoms with Crippen LogP contribution in [0.1, 0.15) is 10.4 Å². The molecule has 0 heterocycles. The van der Waals surface area contributed by atoms with Gasteiger partial charge in [-0.2, -0.15) is 0 Å². The lowest BCUT2D eigenvalue weighted by atomic mass is 10.2. The topological polar surface area (TPSA) is 35.5 Å². The van der Waals surface area contributed by atoms with Crippen LogP contribution in [0.15, 0.2) is 21.1 Å². The summed E-state index contributed by atoms with van der Waals surface area (Å²) in [5.41, 5.74) is 0.347. The summed E-state index contributed by atoms with van der Waals surface area (Å²) >= 11 is 12.1. The molecule has 0 saturated heterocycles. The standard InChI is InChI=1S/C12H9Br2ClO3/c1-2-5-17-6-7-18-11-9(13)4-3-8(10(11)14)12(15)16/h1,3-4H,5-7H2. The van der Waals surface area contributed by atoms with Crippen LogP contribution in [0.2, 0.25) is 0 Å². The van der Waals surface area contributed by atoms with Gasteiger partial charge >= 0.3 is 0 Å². The number of hydrogen-bond acceptors (Lipinski definition) is 3. The Morgan fingerprint density at radius 2 is 2.11 bits per heavy atom. The Balaban J connectivity index is 2.73. The highest BCUT2D eigenvalue weighted by Crippen LogP contribution is 2.36. The van der Waals surface area contributed by atoms with Gasteiger partial charge in [-0.15, -0.1) is 6.42 Å². The number of benzene rings is 1. The first-order chi connectivity index (χ1) is 8.57. The Hall–Kier alpha value is -0.540. The van der Waals surface area contributed by atoms with Gasteiger partial charge in [-0.1, -0.05) is 5.92 Å². The van der Waals surface area contributed by atoms with Crippen molar-refractivity contribution in [3.8, 4) is 18.1 Å². The van der Waals surface area contributed by atoms with E-state index in [1.54, 1.807) is 12.1 Å². The van der Waals surface area contributed by atoms with Gasteiger partial charge in [0.25, 0.3) is 5.24 Å². The van der Waals surface area contributed by atoms with Crippen molar-refractivity contribution < 1.29 is 14.3 Å². The maximum Gasteiger partial charge on any atom is 0.253 e. The van der Waals surface area contributed by atoms with Crippen LogP contribution in [0.5, 0.6) is 5.75 Å². The first-order valence-electron chi connectivity index (χ1n) is 4.89. The predicted molar refractivity (Wildman–Crippen MR) is 77.2 cm³/mol. The van der Waals surface area contributed by atoms with Crippen LogP contribution in [0.4, 0.5) is 0 Å². The van der Waals surface area contributed by atoms with Crippen LogP contribution in [0.25, 0.3) is 0 Å². The lowest BCUT2D eigenvalue weighted by molar-refractivity contribution is 0.107.